The number of anilines is 1. The fraction of sp³-hybridized carbons (Fsp3) is 0.115. The van der Waals surface area contributed by atoms with Gasteiger partial charge in [0, 0.05) is 23.7 Å². The maximum absolute atomic E-state index is 13.2. The second-order valence-electron chi connectivity index (χ2n) is 8.08. The van der Waals surface area contributed by atoms with E-state index in [1.54, 1.807) is 48.8 Å². The number of hydrogen-bond donors (Lipinski definition) is 1. The van der Waals surface area contributed by atoms with Gasteiger partial charge >= 0.3 is 5.91 Å². The molecule has 5 rings (SSSR count). The Morgan fingerprint density at radius 3 is 2.42 bits per heavy atom. The van der Waals surface area contributed by atoms with Crippen molar-refractivity contribution in [2.75, 3.05) is 4.90 Å². The number of pyridine rings is 1. The molecule has 1 amide bonds. The Kier molecular flexibility index (Phi) is 6.62. The third-order valence-corrected chi connectivity index (χ3v) is 7.80. The van der Waals surface area contributed by atoms with Gasteiger partial charge in [0.15, 0.2) is 4.34 Å². The third-order valence-electron chi connectivity index (χ3n) is 5.67. The number of rotatable bonds is 6. The number of aryl methyl sites for hydroxylation is 1. The van der Waals surface area contributed by atoms with E-state index in [4.69, 9.17) is 0 Å². The molecule has 10 heteroatoms. The first-order valence-corrected chi connectivity index (χ1v) is 12.7. The molecule has 1 fully saturated rings. The number of ketones is 1. The molecule has 0 saturated carbocycles. The first kappa shape index (κ1) is 23.8. The molecule has 0 radical (unpaired) electrons. The van der Waals surface area contributed by atoms with E-state index < -0.39 is 17.7 Å². The number of carbonyl (C=O) groups is 2. The van der Waals surface area contributed by atoms with Crippen molar-refractivity contribution in [2.24, 2.45) is 0 Å². The van der Waals surface area contributed by atoms with E-state index in [0.29, 0.717) is 21.2 Å². The number of amides is 1. The lowest BCUT2D eigenvalue weighted by molar-refractivity contribution is -0.132. The first-order chi connectivity index (χ1) is 17.4. The average molecular weight is 519 g/mol. The van der Waals surface area contributed by atoms with Crippen molar-refractivity contribution in [3.63, 3.8) is 0 Å². The zero-order valence-corrected chi connectivity index (χ0v) is 20.6. The molecule has 1 saturated heterocycles. The van der Waals surface area contributed by atoms with Gasteiger partial charge in [-0.15, -0.1) is 10.2 Å². The number of aliphatic hydroxyl groups excluding tert-OH is 1. The number of benzene rings is 2. The van der Waals surface area contributed by atoms with Gasteiger partial charge in [0.1, 0.15) is 11.6 Å². The first-order valence-electron chi connectivity index (χ1n) is 10.9. The number of Topliss-reactive ketones (excluding diaryl/α,β-unsaturated/α-hetero) is 1. The van der Waals surface area contributed by atoms with E-state index in [1.807, 2.05) is 19.1 Å². The molecule has 0 bridgehead atoms. The Morgan fingerprint density at radius 2 is 1.72 bits per heavy atom. The van der Waals surface area contributed by atoms with Crippen LogP contribution >= 0.6 is 23.1 Å². The van der Waals surface area contributed by atoms with E-state index in [9.17, 15) is 19.1 Å². The Morgan fingerprint density at radius 1 is 1.03 bits per heavy atom. The molecule has 1 unspecified atom stereocenters. The number of halogens is 1. The molecular formula is C26H19FN4O3S2. The van der Waals surface area contributed by atoms with Crippen molar-refractivity contribution in [1.82, 2.24) is 15.2 Å². The summed E-state index contributed by atoms with van der Waals surface area (Å²) in [5, 5.41) is 19.7. The molecule has 1 aliphatic heterocycles. The highest BCUT2D eigenvalue weighted by atomic mass is 32.2. The fourth-order valence-electron chi connectivity index (χ4n) is 3.84. The minimum absolute atomic E-state index is 0.0224. The maximum Gasteiger partial charge on any atom is 0.301 e. The molecule has 180 valence electrons. The lowest BCUT2D eigenvalue weighted by Gasteiger charge is -2.22. The summed E-state index contributed by atoms with van der Waals surface area (Å²) < 4.78 is 13.8. The highest BCUT2D eigenvalue weighted by molar-refractivity contribution is 8.00. The van der Waals surface area contributed by atoms with Gasteiger partial charge in [-0.25, -0.2) is 4.39 Å². The van der Waals surface area contributed by atoms with E-state index in [0.717, 1.165) is 11.1 Å². The molecule has 36 heavy (non-hydrogen) atoms. The Hall–Kier alpha value is -3.89. The van der Waals surface area contributed by atoms with Gasteiger partial charge in [0.2, 0.25) is 5.13 Å². The lowest BCUT2D eigenvalue weighted by Crippen LogP contribution is -2.29. The zero-order chi connectivity index (χ0) is 25.2. The van der Waals surface area contributed by atoms with Crippen LogP contribution in [-0.4, -0.2) is 32.0 Å². The summed E-state index contributed by atoms with van der Waals surface area (Å²) in [6.45, 7) is 1.92. The van der Waals surface area contributed by atoms with Gasteiger partial charge in [0.25, 0.3) is 5.78 Å². The molecular weight excluding hydrogens is 499 g/mol. The second kappa shape index (κ2) is 10.00. The van der Waals surface area contributed by atoms with Crippen LogP contribution in [0.1, 0.15) is 28.3 Å². The number of aromatic nitrogens is 3. The molecule has 0 spiro atoms. The van der Waals surface area contributed by atoms with Gasteiger partial charge in [-0.2, -0.15) is 0 Å². The van der Waals surface area contributed by atoms with E-state index in [2.05, 4.69) is 15.2 Å². The summed E-state index contributed by atoms with van der Waals surface area (Å²) in [6.07, 6.45) is 3.12. The van der Waals surface area contributed by atoms with Crippen molar-refractivity contribution in [3.05, 3.63) is 107 Å². The summed E-state index contributed by atoms with van der Waals surface area (Å²) in [4.78, 5) is 31.7. The van der Waals surface area contributed by atoms with Crippen LogP contribution in [0.5, 0.6) is 0 Å². The molecule has 2 aromatic carbocycles. The monoisotopic (exact) mass is 518 g/mol. The fourth-order valence-corrected chi connectivity index (χ4v) is 5.67. The summed E-state index contributed by atoms with van der Waals surface area (Å²) in [6, 6.07) is 15.7. The van der Waals surface area contributed by atoms with Crippen LogP contribution < -0.4 is 4.90 Å². The van der Waals surface area contributed by atoms with E-state index >= 15 is 0 Å². The lowest BCUT2D eigenvalue weighted by atomic mass is 9.96. The summed E-state index contributed by atoms with van der Waals surface area (Å²) in [7, 11) is 0. The van der Waals surface area contributed by atoms with Crippen molar-refractivity contribution >= 4 is 45.7 Å². The molecule has 3 heterocycles. The van der Waals surface area contributed by atoms with Crippen LogP contribution in [0.4, 0.5) is 9.52 Å². The van der Waals surface area contributed by atoms with Crippen molar-refractivity contribution in [1.29, 1.82) is 0 Å². The highest BCUT2D eigenvalue weighted by Crippen LogP contribution is 2.43. The Labute approximate surface area is 214 Å². The molecule has 7 nitrogen and oxygen atoms in total. The summed E-state index contributed by atoms with van der Waals surface area (Å²) >= 11 is 2.56. The number of nitrogens with zero attached hydrogens (tertiary/aromatic N) is 4. The standard InChI is InChI=1S/C26H19FN4O3S2/c1-15-2-6-18(7-3-15)22(32)20-21(17-10-12-28-13-11-17)31(24(34)23(20)33)25-29-30-26(36-25)35-14-16-4-8-19(27)9-5-16/h2-13,21,32H,14H2,1H3/b22-20-. The predicted octanol–water partition coefficient (Wildman–Crippen LogP) is 5.30. The number of aliphatic hydroxyl groups is 1. The third kappa shape index (κ3) is 4.65. The summed E-state index contributed by atoms with van der Waals surface area (Å²) in [5.74, 6) is -1.62. The van der Waals surface area contributed by atoms with Crippen LogP contribution in [0.2, 0.25) is 0 Å². The van der Waals surface area contributed by atoms with Gasteiger partial charge in [-0.05, 0) is 42.3 Å². The number of thioether (sulfide) groups is 1. The molecule has 1 N–H and O–H groups in total. The largest absolute Gasteiger partial charge is 0.507 e. The topological polar surface area (TPSA) is 96.3 Å². The van der Waals surface area contributed by atoms with Gasteiger partial charge < -0.3 is 5.11 Å². The second-order valence-corrected chi connectivity index (χ2v) is 10.3. The van der Waals surface area contributed by atoms with Crippen molar-refractivity contribution in [3.8, 4) is 0 Å². The van der Waals surface area contributed by atoms with E-state index in [1.165, 1.54) is 40.1 Å². The molecule has 4 aromatic rings. The van der Waals surface area contributed by atoms with Crippen molar-refractivity contribution < 1.29 is 19.1 Å². The van der Waals surface area contributed by atoms with Crippen molar-refractivity contribution in [2.45, 2.75) is 23.1 Å². The Bertz CT molecular complexity index is 1450. The molecule has 1 atom stereocenters. The van der Waals surface area contributed by atoms with Crippen LogP contribution in [0.25, 0.3) is 5.76 Å². The van der Waals surface area contributed by atoms with Gasteiger partial charge in [0.05, 0.1) is 11.6 Å². The highest BCUT2D eigenvalue weighted by Gasteiger charge is 2.48. The molecule has 2 aromatic heterocycles. The summed E-state index contributed by atoms with van der Waals surface area (Å²) in [5.41, 5.74) is 2.93. The molecule has 1 aliphatic rings. The average Bonchev–Trinajstić information content (AvgIpc) is 3.46. The van der Waals surface area contributed by atoms with Crippen LogP contribution in [0.3, 0.4) is 0 Å². The minimum atomic E-state index is -0.891. The van der Waals surface area contributed by atoms with Crippen LogP contribution in [0, 0.1) is 12.7 Å². The zero-order valence-electron chi connectivity index (χ0n) is 19.0. The Balaban J connectivity index is 1.51. The number of hydrogen-bond acceptors (Lipinski definition) is 8. The molecule has 0 aliphatic carbocycles. The van der Waals surface area contributed by atoms with Crippen LogP contribution in [-0.2, 0) is 15.3 Å². The number of carbonyl (C=O) groups excluding carboxylic acids is 2. The van der Waals surface area contributed by atoms with E-state index in [-0.39, 0.29) is 22.3 Å². The van der Waals surface area contributed by atoms with Crippen LogP contribution in [0.15, 0.2) is 83.0 Å². The quantitative estimate of drug-likeness (QED) is 0.122. The van der Waals surface area contributed by atoms with Gasteiger partial charge in [-0.3, -0.25) is 19.5 Å². The smallest absolute Gasteiger partial charge is 0.301 e. The normalized spacial score (nSPS) is 17.1. The maximum atomic E-state index is 13.2. The van der Waals surface area contributed by atoms with Gasteiger partial charge in [-0.1, -0.05) is 65.1 Å². The minimum Gasteiger partial charge on any atom is -0.507 e. The SMILES string of the molecule is Cc1ccc(/C(O)=C2/C(=O)C(=O)N(c3nnc(SCc4ccc(F)cc4)s3)C2c2ccncc2)cc1. The predicted molar refractivity (Wildman–Crippen MR) is 136 cm³/mol.